The van der Waals surface area contributed by atoms with Crippen molar-refractivity contribution in [2.24, 2.45) is 11.3 Å². The third kappa shape index (κ3) is 3.02. The third-order valence-electron chi connectivity index (χ3n) is 5.74. The van der Waals surface area contributed by atoms with E-state index in [2.05, 4.69) is 16.0 Å². The van der Waals surface area contributed by atoms with Gasteiger partial charge in [0.15, 0.2) is 0 Å². The largest absolute Gasteiger partial charge is 0.358 e. The van der Waals surface area contributed by atoms with E-state index in [4.69, 9.17) is 0 Å². The number of benzene rings is 1. The Labute approximate surface area is 147 Å². The summed E-state index contributed by atoms with van der Waals surface area (Å²) in [5, 5.41) is 10.1. The molecule has 1 aromatic carbocycles. The van der Waals surface area contributed by atoms with Crippen LogP contribution >= 0.6 is 0 Å². The first kappa shape index (κ1) is 16.1. The average molecular weight is 340 g/mol. The number of fused-ring (bicyclic) bond motifs is 1. The van der Waals surface area contributed by atoms with E-state index >= 15 is 0 Å². The second-order valence-electron chi connectivity index (χ2n) is 7.25. The van der Waals surface area contributed by atoms with Gasteiger partial charge in [-0.1, -0.05) is 6.07 Å². The van der Waals surface area contributed by atoms with Crippen LogP contribution in [0.3, 0.4) is 0 Å². The summed E-state index contributed by atoms with van der Waals surface area (Å²) in [6.45, 7) is 2.31. The molecule has 4 rings (SSSR count). The maximum atomic E-state index is 12.6. The summed E-state index contributed by atoms with van der Waals surface area (Å²) in [5.41, 5.74) is 1.98. The van der Waals surface area contributed by atoms with Crippen LogP contribution in [0.1, 0.15) is 19.3 Å². The van der Waals surface area contributed by atoms with Crippen LogP contribution in [0.15, 0.2) is 30.5 Å². The summed E-state index contributed by atoms with van der Waals surface area (Å²) >= 11 is 0. The molecule has 1 atom stereocenters. The van der Waals surface area contributed by atoms with Crippen molar-refractivity contribution >= 4 is 28.4 Å². The minimum Gasteiger partial charge on any atom is -0.358 e. The van der Waals surface area contributed by atoms with Crippen LogP contribution in [-0.4, -0.2) is 36.5 Å². The van der Waals surface area contributed by atoms with Gasteiger partial charge in [0.25, 0.3) is 0 Å². The van der Waals surface area contributed by atoms with Crippen molar-refractivity contribution in [3.05, 3.63) is 30.5 Å². The van der Waals surface area contributed by atoms with Gasteiger partial charge in [-0.15, -0.1) is 0 Å². The van der Waals surface area contributed by atoms with Crippen molar-refractivity contribution in [2.45, 2.75) is 25.8 Å². The van der Waals surface area contributed by atoms with Gasteiger partial charge >= 0.3 is 0 Å². The lowest BCUT2D eigenvalue weighted by Crippen LogP contribution is -2.31. The third-order valence-corrected chi connectivity index (χ3v) is 5.74. The van der Waals surface area contributed by atoms with E-state index in [1.807, 2.05) is 35.0 Å². The number of likely N-dealkylation sites (N-methyl/N-ethyl adjacent to an activating group) is 1. The monoisotopic (exact) mass is 340 g/mol. The second-order valence-corrected chi connectivity index (χ2v) is 7.25. The lowest BCUT2D eigenvalue weighted by atomic mass is 9.92. The molecule has 6 nitrogen and oxygen atoms in total. The van der Waals surface area contributed by atoms with Gasteiger partial charge in [-0.3, -0.25) is 9.59 Å². The van der Waals surface area contributed by atoms with E-state index in [9.17, 15) is 9.59 Å². The highest BCUT2D eigenvalue weighted by atomic mass is 16.2. The van der Waals surface area contributed by atoms with Crippen molar-refractivity contribution in [3.63, 3.8) is 0 Å². The lowest BCUT2D eigenvalue weighted by molar-refractivity contribution is -0.121. The second kappa shape index (κ2) is 6.19. The zero-order chi connectivity index (χ0) is 17.4. The Morgan fingerprint density at radius 3 is 2.84 bits per heavy atom. The smallest absolute Gasteiger partial charge is 0.239 e. The molecule has 2 amide bonds. The van der Waals surface area contributed by atoms with Crippen molar-refractivity contribution in [1.82, 2.24) is 15.2 Å². The standard InChI is InChI=1S/C19H24N4O2/c1-20-17(24)12-23-9-4-13-2-3-14(10-16(13)23)22-18(25)15-11-19(15)5-7-21-8-6-19/h2-4,9-10,15,21H,5-8,11-12H2,1H3,(H,20,24)(H,22,25). The number of anilines is 1. The van der Waals surface area contributed by atoms with E-state index in [1.165, 1.54) is 0 Å². The van der Waals surface area contributed by atoms with E-state index < -0.39 is 0 Å². The SMILES string of the molecule is CNC(=O)Cn1ccc2ccc(NC(=O)C3CC34CCNCC4)cc21. The maximum absolute atomic E-state index is 12.6. The summed E-state index contributed by atoms with van der Waals surface area (Å²) in [7, 11) is 1.63. The van der Waals surface area contributed by atoms with Gasteiger partial charge in [-0.05, 0) is 61.4 Å². The number of carbonyl (C=O) groups excluding carboxylic acids is 2. The van der Waals surface area contributed by atoms with E-state index in [0.29, 0.717) is 0 Å². The summed E-state index contributed by atoms with van der Waals surface area (Å²) in [4.78, 5) is 24.3. The minimum absolute atomic E-state index is 0.0437. The first-order valence-corrected chi connectivity index (χ1v) is 8.92. The van der Waals surface area contributed by atoms with Crippen LogP contribution in [-0.2, 0) is 16.1 Å². The normalized spacial score (nSPS) is 21.2. The molecular weight excluding hydrogens is 316 g/mol. The number of carbonyl (C=O) groups is 2. The van der Waals surface area contributed by atoms with E-state index in [0.717, 1.165) is 48.9 Å². The Morgan fingerprint density at radius 2 is 2.08 bits per heavy atom. The van der Waals surface area contributed by atoms with Gasteiger partial charge in [0.1, 0.15) is 6.54 Å². The van der Waals surface area contributed by atoms with Gasteiger partial charge in [0, 0.05) is 24.8 Å². The van der Waals surface area contributed by atoms with Crippen LogP contribution in [0, 0.1) is 11.3 Å². The number of nitrogens with one attached hydrogen (secondary N) is 3. The number of aromatic nitrogens is 1. The van der Waals surface area contributed by atoms with Gasteiger partial charge in [0.05, 0.1) is 5.52 Å². The number of nitrogens with zero attached hydrogens (tertiary/aromatic N) is 1. The summed E-state index contributed by atoms with van der Waals surface area (Å²) < 4.78 is 1.90. The highest BCUT2D eigenvalue weighted by molar-refractivity contribution is 5.97. The van der Waals surface area contributed by atoms with E-state index in [1.54, 1.807) is 7.05 Å². The first-order chi connectivity index (χ1) is 12.1. The van der Waals surface area contributed by atoms with Crippen LogP contribution in [0.2, 0.25) is 0 Å². The Bertz CT molecular complexity index is 820. The van der Waals surface area contributed by atoms with Crippen molar-refractivity contribution in [1.29, 1.82) is 0 Å². The molecule has 1 aliphatic carbocycles. The molecule has 25 heavy (non-hydrogen) atoms. The molecule has 2 aliphatic rings. The van der Waals surface area contributed by atoms with Crippen molar-refractivity contribution in [2.75, 3.05) is 25.5 Å². The van der Waals surface area contributed by atoms with Crippen LogP contribution in [0.4, 0.5) is 5.69 Å². The van der Waals surface area contributed by atoms with Crippen LogP contribution < -0.4 is 16.0 Å². The molecule has 1 saturated heterocycles. The molecule has 1 saturated carbocycles. The zero-order valence-electron chi connectivity index (χ0n) is 14.5. The summed E-state index contributed by atoms with van der Waals surface area (Å²) in [6, 6.07) is 7.85. The zero-order valence-corrected chi connectivity index (χ0v) is 14.5. The van der Waals surface area contributed by atoms with Crippen molar-refractivity contribution in [3.8, 4) is 0 Å². The molecule has 0 bridgehead atoms. The molecule has 2 aromatic rings. The van der Waals surface area contributed by atoms with Gasteiger partial charge in [-0.25, -0.2) is 0 Å². The number of amides is 2. The van der Waals surface area contributed by atoms with Gasteiger partial charge in [0.2, 0.25) is 11.8 Å². The quantitative estimate of drug-likeness (QED) is 0.793. The molecule has 6 heteroatoms. The fourth-order valence-corrected chi connectivity index (χ4v) is 4.06. The highest BCUT2D eigenvalue weighted by Crippen LogP contribution is 2.58. The summed E-state index contributed by atoms with van der Waals surface area (Å²) in [5.74, 6) is 0.228. The summed E-state index contributed by atoms with van der Waals surface area (Å²) in [6.07, 6.45) is 5.10. The predicted octanol–water partition coefficient (Wildman–Crippen LogP) is 1.72. The molecule has 2 heterocycles. The fraction of sp³-hybridized carbons (Fsp3) is 0.474. The molecule has 1 unspecified atom stereocenters. The molecule has 3 N–H and O–H groups in total. The first-order valence-electron chi connectivity index (χ1n) is 8.92. The number of rotatable bonds is 4. The maximum Gasteiger partial charge on any atom is 0.239 e. The fourth-order valence-electron chi connectivity index (χ4n) is 4.06. The molecule has 0 radical (unpaired) electrons. The topological polar surface area (TPSA) is 75.2 Å². The number of piperidine rings is 1. The van der Waals surface area contributed by atoms with Crippen molar-refractivity contribution < 1.29 is 9.59 Å². The highest BCUT2D eigenvalue weighted by Gasteiger charge is 2.57. The Hall–Kier alpha value is -2.34. The molecule has 1 aliphatic heterocycles. The molecular formula is C19H24N4O2. The Kier molecular flexibility index (Phi) is 4.00. The minimum atomic E-state index is -0.0437. The van der Waals surface area contributed by atoms with Gasteiger partial charge < -0.3 is 20.5 Å². The molecule has 132 valence electrons. The molecule has 2 fully saturated rings. The number of hydrogen-bond acceptors (Lipinski definition) is 3. The van der Waals surface area contributed by atoms with Crippen LogP contribution in [0.5, 0.6) is 0 Å². The Morgan fingerprint density at radius 1 is 1.28 bits per heavy atom. The number of hydrogen-bond donors (Lipinski definition) is 3. The molecule has 1 aromatic heterocycles. The predicted molar refractivity (Wildman–Crippen MR) is 97.3 cm³/mol. The Balaban J connectivity index is 1.49. The lowest BCUT2D eigenvalue weighted by Gasteiger charge is -2.23. The average Bonchev–Trinajstić information content (AvgIpc) is 3.17. The van der Waals surface area contributed by atoms with E-state index in [-0.39, 0.29) is 29.7 Å². The molecule has 1 spiro atoms. The van der Waals surface area contributed by atoms with Gasteiger partial charge in [-0.2, -0.15) is 0 Å². The van der Waals surface area contributed by atoms with Crippen LogP contribution in [0.25, 0.3) is 10.9 Å².